The number of piperazine rings is 1. The summed E-state index contributed by atoms with van der Waals surface area (Å²) in [6.45, 7) is 5.02. The minimum Gasteiger partial charge on any atom is -0.383 e. The Morgan fingerprint density at radius 3 is 2.62 bits per heavy atom. The van der Waals surface area contributed by atoms with Gasteiger partial charge in [0, 0.05) is 57.4 Å². The number of halogens is 1. The fourth-order valence-corrected chi connectivity index (χ4v) is 4.73. The second-order valence-corrected chi connectivity index (χ2v) is 9.73. The van der Waals surface area contributed by atoms with Crippen molar-refractivity contribution in [3.8, 4) is 11.3 Å². The number of nitrogens with zero attached hydrogens (tertiary/aromatic N) is 5. The number of amides is 1. The SMILES string of the molecule is COC[C@H](C(=O)Nc1cccc2c(-c3nc(Nc4ccc(C(C)=O)nc4)ncc3F)c[nH]c12)N1CCN(C)CC1. The number of aromatic amines is 1. The summed E-state index contributed by atoms with van der Waals surface area (Å²) in [5.41, 5.74) is 2.73. The van der Waals surface area contributed by atoms with E-state index in [1.54, 1.807) is 37.6 Å². The molecule has 3 N–H and O–H groups in total. The molecule has 1 atom stereocenters. The number of Topliss-reactive ketones (excluding diaryl/α,β-unsaturated/α-hetero) is 1. The van der Waals surface area contributed by atoms with E-state index in [9.17, 15) is 14.0 Å². The van der Waals surface area contributed by atoms with Gasteiger partial charge >= 0.3 is 0 Å². The number of pyridine rings is 1. The molecule has 1 saturated heterocycles. The number of hydrogen-bond donors (Lipinski definition) is 3. The third-order valence-corrected chi connectivity index (χ3v) is 6.96. The van der Waals surface area contributed by atoms with Gasteiger partial charge in [-0.2, -0.15) is 0 Å². The number of fused-ring (bicyclic) bond motifs is 1. The Balaban J connectivity index is 1.39. The van der Waals surface area contributed by atoms with Crippen LogP contribution in [-0.4, -0.2) is 94.4 Å². The van der Waals surface area contributed by atoms with Crippen molar-refractivity contribution in [2.45, 2.75) is 13.0 Å². The first-order valence-corrected chi connectivity index (χ1v) is 12.9. The number of ketones is 1. The van der Waals surface area contributed by atoms with E-state index in [-0.39, 0.29) is 29.9 Å². The van der Waals surface area contributed by atoms with Crippen LogP contribution in [0.1, 0.15) is 17.4 Å². The van der Waals surface area contributed by atoms with E-state index >= 15 is 0 Å². The minimum atomic E-state index is -0.596. The van der Waals surface area contributed by atoms with E-state index in [0.29, 0.717) is 33.5 Å². The van der Waals surface area contributed by atoms with Crippen LogP contribution in [0, 0.1) is 5.82 Å². The second-order valence-electron chi connectivity index (χ2n) is 9.73. The van der Waals surface area contributed by atoms with Crippen molar-refractivity contribution < 1.29 is 18.7 Å². The molecular weight excluding hydrogens is 515 g/mol. The fraction of sp³-hybridized carbons (Fsp3) is 0.321. The average Bonchev–Trinajstić information content (AvgIpc) is 3.38. The summed E-state index contributed by atoms with van der Waals surface area (Å²) >= 11 is 0. The van der Waals surface area contributed by atoms with Crippen LogP contribution < -0.4 is 10.6 Å². The maximum Gasteiger partial charge on any atom is 0.244 e. The van der Waals surface area contributed by atoms with E-state index in [4.69, 9.17) is 4.74 Å². The van der Waals surface area contributed by atoms with E-state index < -0.39 is 11.9 Å². The van der Waals surface area contributed by atoms with Crippen LogP contribution >= 0.6 is 0 Å². The monoisotopic (exact) mass is 546 g/mol. The fourth-order valence-electron chi connectivity index (χ4n) is 4.73. The van der Waals surface area contributed by atoms with E-state index in [2.05, 4.69) is 47.4 Å². The van der Waals surface area contributed by atoms with Crippen LogP contribution in [0.25, 0.3) is 22.2 Å². The number of rotatable bonds is 9. The number of anilines is 3. The largest absolute Gasteiger partial charge is 0.383 e. The lowest BCUT2D eigenvalue weighted by atomic mass is 10.1. The third kappa shape index (κ3) is 5.83. The number of aromatic nitrogens is 4. The van der Waals surface area contributed by atoms with E-state index in [1.165, 1.54) is 13.1 Å². The van der Waals surface area contributed by atoms with Gasteiger partial charge in [-0.15, -0.1) is 0 Å². The summed E-state index contributed by atoms with van der Waals surface area (Å²) < 4.78 is 20.3. The number of benzene rings is 1. The Hall–Kier alpha value is -4.26. The molecule has 4 aromatic rings. The quantitative estimate of drug-likeness (QED) is 0.271. The van der Waals surface area contributed by atoms with Crippen molar-refractivity contribution in [1.29, 1.82) is 0 Å². The number of ether oxygens (including phenoxy) is 1. The molecule has 0 radical (unpaired) electrons. The van der Waals surface area contributed by atoms with Crippen LogP contribution in [0.5, 0.6) is 0 Å². The van der Waals surface area contributed by atoms with E-state index in [1.807, 2.05) is 6.07 Å². The Morgan fingerprint density at radius 1 is 1.12 bits per heavy atom. The van der Waals surface area contributed by atoms with Crippen LogP contribution in [0.2, 0.25) is 0 Å². The summed E-state index contributed by atoms with van der Waals surface area (Å²) in [4.78, 5) is 44.9. The van der Waals surface area contributed by atoms with Gasteiger partial charge in [-0.3, -0.25) is 19.5 Å². The van der Waals surface area contributed by atoms with Crippen molar-refractivity contribution in [2.24, 2.45) is 0 Å². The van der Waals surface area contributed by atoms with Gasteiger partial charge in [-0.25, -0.2) is 14.4 Å². The highest BCUT2D eigenvalue weighted by Crippen LogP contribution is 2.33. The number of methoxy groups -OCH3 is 1. The molecule has 0 spiro atoms. The van der Waals surface area contributed by atoms with Gasteiger partial charge in [0.25, 0.3) is 0 Å². The molecule has 0 aliphatic carbocycles. The number of nitrogens with one attached hydrogen (secondary N) is 3. The molecule has 4 heterocycles. The van der Waals surface area contributed by atoms with Gasteiger partial charge in [0.1, 0.15) is 17.4 Å². The Bertz CT molecular complexity index is 1520. The number of carbonyl (C=O) groups is 2. The molecule has 5 rings (SSSR count). The summed E-state index contributed by atoms with van der Waals surface area (Å²) in [7, 11) is 3.65. The van der Waals surface area contributed by atoms with Crippen molar-refractivity contribution >= 4 is 39.9 Å². The Kier molecular flexibility index (Phi) is 8.10. The lowest BCUT2D eigenvalue weighted by Gasteiger charge is -2.36. The lowest BCUT2D eigenvalue weighted by Crippen LogP contribution is -2.54. The molecule has 0 saturated carbocycles. The molecule has 1 amide bonds. The maximum absolute atomic E-state index is 15.0. The van der Waals surface area contributed by atoms with Crippen LogP contribution in [-0.2, 0) is 9.53 Å². The van der Waals surface area contributed by atoms with Crippen LogP contribution in [0.15, 0.2) is 48.9 Å². The zero-order valence-electron chi connectivity index (χ0n) is 22.6. The molecule has 1 aromatic carbocycles. The number of para-hydroxylation sites is 1. The molecule has 11 nitrogen and oxygen atoms in total. The molecule has 1 aliphatic rings. The number of H-pyrrole nitrogens is 1. The Morgan fingerprint density at radius 2 is 1.93 bits per heavy atom. The highest BCUT2D eigenvalue weighted by Gasteiger charge is 2.29. The van der Waals surface area contributed by atoms with Gasteiger partial charge in [0.15, 0.2) is 11.6 Å². The summed E-state index contributed by atoms with van der Waals surface area (Å²) in [5, 5.41) is 6.72. The molecule has 208 valence electrons. The minimum absolute atomic E-state index is 0.0928. The molecule has 40 heavy (non-hydrogen) atoms. The van der Waals surface area contributed by atoms with Crippen molar-refractivity contribution in [1.82, 2.24) is 29.7 Å². The maximum atomic E-state index is 15.0. The zero-order valence-corrected chi connectivity index (χ0v) is 22.6. The first-order valence-electron chi connectivity index (χ1n) is 12.9. The van der Waals surface area contributed by atoms with Crippen LogP contribution in [0.3, 0.4) is 0 Å². The van der Waals surface area contributed by atoms with Gasteiger partial charge in [0.05, 0.1) is 35.9 Å². The third-order valence-electron chi connectivity index (χ3n) is 6.96. The molecule has 3 aromatic heterocycles. The van der Waals surface area contributed by atoms with Crippen molar-refractivity contribution in [3.63, 3.8) is 0 Å². The van der Waals surface area contributed by atoms with Gasteiger partial charge in [-0.1, -0.05) is 12.1 Å². The first kappa shape index (κ1) is 27.3. The van der Waals surface area contributed by atoms with E-state index in [0.717, 1.165) is 32.4 Å². The second kappa shape index (κ2) is 11.9. The lowest BCUT2D eigenvalue weighted by molar-refractivity contribution is -0.124. The molecule has 12 heteroatoms. The van der Waals surface area contributed by atoms with Crippen LogP contribution in [0.4, 0.5) is 21.7 Å². The summed E-state index contributed by atoms with van der Waals surface area (Å²) in [5.74, 6) is -0.738. The topological polar surface area (TPSA) is 128 Å². The Labute approximate surface area is 230 Å². The number of carbonyl (C=O) groups excluding carboxylic acids is 2. The molecular formula is C28H31FN8O3. The summed E-state index contributed by atoms with van der Waals surface area (Å²) in [6.07, 6.45) is 4.24. The zero-order chi connectivity index (χ0) is 28.2. The predicted molar refractivity (Wildman–Crippen MR) is 150 cm³/mol. The van der Waals surface area contributed by atoms with Gasteiger partial charge < -0.3 is 25.3 Å². The number of likely N-dealkylation sites (N-methyl/N-ethyl adjacent to an activating group) is 1. The van der Waals surface area contributed by atoms with Gasteiger partial charge in [0.2, 0.25) is 11.9 Å². The van der Waals surface area contributed by atoms with Gasteiger partial charge in [-0.05, 0) is 25.2 Å². The van der Waals surface area contributed by atoms with Crippen molar-refractivity contribution in [2.75, 3.05) is 57.6 Å². The molecule has 1 aliphatic heterocycles. The highest BCUT2D eigenvalue weighted by molar-refractivity contribution is 6.06. The highest BCUT2D eigenvalue weighted by atomic mass is 19.1. The first-order chi connectivity index (χ1) is 19.3. The molecule has 0 bridgehead atoms. The molecule has 0 unspecified atom stereocenters. The normalized spacial score (nSPS) is 15.2. The summed E-state index contributed by atoms with van der Waals surface area (Å²) in [6, 6.07) is 8.27. The predicted octanol–water partition coefficient (Wildman–Crippen LogP) is 3.31. The standard InChI is InChI=1S/C28H31FN8O3/c1-17(38)22-8-7-18(13-30-22)33-28-32-15-21(29)25(35-28)20-14-31-26-19(20)5-4-6-23(26)34-27(39)24(16-40-3)37-11-9-36(2)10-12-37/h4-8,13-15,24,31H,9-12,16H2,1-3H3,(H,34,39)(H,32,33,35)/t24-/m1/s1. The molecule has 1 fully saturated rings. The van der Waals surface area contributed by atoms with Crippen molar-refractivity contribution in [3.05, 3.63) is 60.4 Å². The average molecular weight is 547 g/mol. The number of hydrogen-bond acceptors (Lipinski definition) is 9. The smallest absolute Gasteiger partial charge is 0.244 e.